The number of thiocarbonyl (C=S) groups is 1. The average molecular weight is 508 g/mol. The van der Waals surface area contributed by atoms with E-state index in [-0.39, 0.29) is 30.3 Å². The Morgan fingerprint density at radius 3 is 2.49 bits per heavy atom. The number of methoxy groups -OCH3 is 1. The molecule has 9 heteroatoms. The van der Waals surface area contributed by atoms with E-state index in [4.69, 9.17) is 17.0 Å². The number of hydrogen-bond acceptors (Lipinski definition) is 6. The van der Waals surface area contributed by atoms with Gasteiger partial charge in [-0.3, -0.25) is 24.2 Å². The lowest BCUT2D eigenvalue weighted by molar-refractivity contribution is -0.124. The highest BCUT2D eigenvalue weighted by molar-refractivity contribution is 8.26. The molecule has 35 heavy (non-hydrogen) atoms. The van der Waals surface area contributed by atoms with Crippen LogP contribution in [0.25, 0.3) is 5.57 Å². The maximum Gasteiger partial charge on any atom is 0.267 e. The van der Waals surface area contributed by atoms with Crippen molar-refractivity contribution >= 4 is 63.0 Å². The summed E-state index contributed by atoms with van der Waals surface area (Å²) in [7, 11) is 1.57. The van der Waals surface area contributed by atoms with E-state index in [9.17, 15) is 14.4 Å². The molecule has 1 saturated heterocycles. The van der Waals surface area contributed by atoms with Crippen LogP contribution in [0, 0.1) is 0 Å². The number of hydrogen-bond donors (Lipinski definition) is 1. The minimum absolute atomic E-state index is 0.0903. The molecule has 0 spiro atoms. The molecule has 2 aromatic carbocycles. The molecule has 0 unspecified atom stereocenters. The van der Waals surface area contributed by atoms with E-state index < -0.39 is 0 Å². The highest BCUT2D eigenvalue weighted by Gasteiger charge is 2.44. The smallest absolute Gasteiger partial charge is 0.267 e. The molecule has 0 radical (unpaired) electrons. The fourth-order valence-corrected chi connectivity index (χ4v) is 6.33. The number of benzene rings is 2. The zero-order valence-corrected chi connectivity index (χ0v) is 20.9. The van der Waals surface area contributed by atoms with E-state index in [2.05, 4.69) is 5.32 Å². The van der Waals surface area contributed by atoms with E-state index >= 15 is 0 Å². The number of carbonyl (C=O) groups excluding carboxylic acids is 3. The van der Waals surface area contributed by atoms with Crippen molar-refractivity contribution in [1.82, 2.24) is 4.90 Å². The number of fused-ring (bicyclic) bond motifs is 1. The molecule has 3 amide bonds. The van der Waals surface area contributed by atoms with Crippen molar-refractivity contribution in [2.75, 3.05) is 23.9 Å². The number of ether oxygens (including phenoxy) is 1. The molecule has 3 aliphatic rings. The summed E-state index contributed by atoms with van der Waals surface area (Å²) >= 11 is 6.77. The van der Waals surface area contributed by atoms with Gasteiger partial charge in [0, 0.05) is 17.3 Å². The van der Waals surface area contributed by atoms with Gasteiger partial charge in [0.05, 0.1) is 23.3 Å². The molecule has 2 fully saturated rings. The van der Waals surface area contributed by atoms with E-state index in [1.54, 1.807) is 42.3 Å². The van der Waals surface area contributed by atoms with Crippen LogP contribution in [0.5, 0.6) is 5.75 Å². The molecule has 1 N–H and O–H groups in total. The van der Waals surface area contributed by atoms with Gasteiger partial charge in [0.1, 0.15) is 16.6 Å². The van der Waals surface area contributed by atoms with Crippen LogP contribution in [-0.2, 0) is 14.4 Å². The summed E-state index contributed by atoms with van der Waals surface area (Å²) in [6.07, 6.45) is 5.18. The molecule has 2 aromatic rings. The van der Waals surface area contributed by atoms with Gasteiger partial charge in [0.25, 0.3) is 11.8 Å². The van der Waals surface area contributed by atoms with Crippen molar-refractivity contribution in [3.05, 3.63) is 59.0 Å². The lowest BCUT2D eigenvalue weighted by atomic mass is 9.94. The molecule has 2 aliphatic heterocycles. The van der Waals surface area contributed by atoms with Gasteiger partial charge >= 0.3 is 0 Å². The number of nitrogens with zero attached hydrogens (tertiary/aromatic N) is 2. The van der Waals surface area contributed by atoms with Crippen LogP contribution in [0.3, 0.4) is 0 Å². The first kappa shape index (κ1) is 23.6. The third-order valence-electron chi connectivity index (χ3n) is 6.56. The summed E-state index contributed by atoms with van der Waals surface area (Å²) in [6.45, 7) is -0.172. The monoisotopic (exact) mass is 507 g/mol. The van der Waals surface area contributed by atoms with Crippen LogP contribution in [0.2, 0.25) is 0 Å². The molecule has 0 aromatic heterocycles. The molecule has 0 bridgehead atoms. The second kappa shape index (κ2) is 9.83. The van der Waals surface area contributed by atoms with Crippen molar-refractivity contribution in [2.24, 2.45) is 0 Å². The molecular weight excluding hydrogens is 482 g/mol. The first-order valence-electron chi connectivity index (χ1n) is 11.6. The predicted octanol–water partition coefficient (Wildman–Crippen LogP) is 4.58. The first-order chi connectivity index (χ1) is 17.0. The molecule has 180 valence electrons. The molecule has 2 heterocycles. The number of nitrogens with one attached hydrogen (secondary N) is 1. The van der Waals surface area contributed by atoms with Crippen LogP contribution in [0.4, 0.5) is 11.4 Å². The number of carbonyl (C=O) groups is 3. The molecule has 0 atom stereocenters. The molecular formula is C26H25N3O4S2. The van der Waals surface area contributed by atoms with Crippen molar-refractivity contribution in [3.63, 3.8) is 0 Å². The Morgan fingerprint density at radius 2 is 1.77 bits per heavy atom. The number of anilines is 2. The standard InChI is InChI=1S/C26H25N3O4S2/c1-33-18-13-11-16(12-14-18)27-21(30)15-28-20-10-6-5-9-19(20)22(24(28)31)23-25(32)29(26(34)35-23)17-7-3-2-4-8-17/h5-6,9-14,17H,2-4,7-8,15H2,1H3,(H,27,30)/b23-22-. The Labute approximate surface area is 213 Å². The Hall–Kier alpha value is -3.17. The fourth-order valence-electron chi connectivity index (χ4n) is 4.86. The summed E-state index contributed by atoms with van der Waals surface area (Å²) in [5.74, 6) is -0.217. The summed E-state index contributed by atoms with van der Waals surface area (Å²) in [5.41, 5.74) is 2.19. The maximum atomic E-state index is 13.6. The topological polar surface area (TPSA) is 79.0 Å². The van der Waals surface area contributed by atoms with Gasteiger partial charge in [-0.15, -0.1) is 0 Å². The third-order valence-corrected chi connectivity index (χ3v) is 7.97. The molecule has 1 saturated carbocycles. The second-order valence-corrected chi connectivity index (χ2v) is 10.4. The molecule has 1 aliphatic carbocycles. The zero-order chi connectivity index (χ0) is 24.5. The number of para-hydroxylation sites is 1. The van der Waals surface area contributed by atoms with Crippen LogP contribution in [-0.4, -0.2) is 46.6 Å². The third kappa shape index (κ3) is 4.46. The van der Waals surface area contributed by atoms with Crippen molar-refractivity contribution in [2.45, 2.75) is 38.1 Å². The summed E-state index contributed by atoms with van der Waals surface area (Å²) < 4.78 is 5.65. The van der Waals surface area contributed by atoms with Crippen LogP contribution in [0.15, 0.2) is 53.4 Å². The van der Waals surface area contributed by atoms with Crippen molar-refractivity contribution in [3.8, 4) is 5.75 Å². The van der Waals surface area contributed by atoms with Gasteiger partial charge in [0.15, 0.2) is 0 Å². The Balaban J connectivity index is 1.41. The van der Waals surface area contributed by atoms with E-state index in [0.29, 0.717) is 37.5 Å². The average Bonchev–Trinajstić information content (AvgIpc) is 3.31. The minimum atomic E-state index is -0.361. The highest BCUT2D eigenvalue weighted by atomic mass is 32.2. The normalized spacial score (nSPS) is 20.4. The van der Waals surface area contributed by atoms with Gasteiger partial charge in [-0.25, -0.2) is 0 Å². The Bertz CT molecular complexity index is 1240. The lowest BCUT2D eigenvalue weighted by Gasteiger charge is -2.29. The summed E-state index contributed by atoms with van der Waals surface area (Å²) in [5, 5.41) is 2.82. The first-order valence-corrected chi connectivity index (χ1v) is 12.8. The van der Waals surface area contributed by atoms with E-state index in [1.165, 1.54) is 23.1 Å². The predicted molar refractivity (Wildman–Crippen MR) is 141 cm³/mol. The minimum Gasteiger partial charge on any atom is -0.497 e. The van der Waals surface area contributed by atoms with Crippen LogP contribution in [0.1, 0.15) is 37.7 Å². The Morgan fingerprint density at radius 1 is 1.06 bits per heavy atom. The molecule has 7 nitrogen and oxygen atoms in total. The van der Waals surface area contributed by atoms with Gasteiger partial charge < -0.3 is 10.1 Å². The summed E-state index contributed by atoms with van der Waals surface area (Å²) in [6, 6.07) is 14.3. The Kier molecular flexibility index (Phi) is 6.62. The number of amides is 3. The maximum absolute atomic E-state index is 13.6. The lowest BCUT2D eigenvalue weighted by Crippen LogP contribution is -2.40. The van der Waals surface area contributed by atoms with E-state index in [0.717, 1.165) is 25.7 Å². The van der Waals surface area contributed by atoms with Crippen molar-refractivity contribution in [1.29, 1.82) is 0 Å². The van der Waals surface area contributed by atoms with Crippen LogP contribution < -0.4 is 15.0 Å². The SMILES string of the molecule is COc1ccc(NC(=O)CN2C(=O)/C(=C3\SC(=S)N(C4CCCCC4)C3=O)c3ccccc32)cc1. The fraction of sp³-hybridized carbons (Fsp3) is 0.308. The van der Waals surface area contributed by atoms with Crippen molar-refractivity contribution < 1.29 is 19.1 Å². The van der Waals surface area contributed by atoms with Gasteiger partial charge in [0.2, 0.25) is 5.91 Å². The number of thioether (sulfide) groups is 1. The molecule has 5 rings (SSSR count). The summed E-state index contributed by atoms with van der Waals surface area (Å²) in [4.78, 5) is 43.4. The van der Waals surface area contributed by atoms with Gasteiger partial charge in [-0.05, 0) is 43.2 Å². The number of rotatable bonds is 5. The van der Waals surface area contributed by atoms with Gasteiger partial charge in [-0.2, -0.15) is 0 Å². The quantitative estimate of drug-likeness (QED) is 0.471. The largest absolute Gasteiger partial charge is 0.497 e. The highest BCUT2D eigenvalue weighted by Crippen LogP contribution is 2.45. The zero-order valence-electron chi connectivity index (χ0n) is 19.3. The van der Waals surface area contributed by atoms with Gasteiger partial charge in [-0.1, -0.05) is 61.4 Å². The van der Waals surface area contributed by atoms with E-state index in [1.807, 2.05) is 18.2 Å². The van der Waals surface area contributed by atoms with Crippen LogP contribution >= 0.6 is 24.0 Å². The second-order valence-electron chi connectivity index (χ2n) is 8.72.